The summed E-state index contributed by atoms with van der Waals surface area (Å²) >= 11 is 0. The lowest BCUT2D eigenvalue weighted by atomic mass is 10.2. The first-order valence-corrected chi connectivity index (χ1v) is 17.8. The Morgan fingerprint density at radius 2 is 1.12 bits per heavy atom. The van der Waals surface area contributed by atoms with Crippen molar-refractivity contribution >= 4 is 33.7 Å². The fourth-order valence-corrected chi connectivity index (χ4v) is 6.13. The SMILES string of the molecule is COCc1noc(-c2ccc3nc(-n4cccn4)nc(N4CCOCC4)c3n2)n1.Cc1noc(-c2ccc3nc(-n4cccn4)nc(N4CCOCC4)c3n2)n1. The maximum atomic E-state index is 5.49. The highest BCUT2D eigenvalue weighted by Gasteiger charge is 2.23. The van der Waals surface area contributed by atoms with Crippen LogP contribution in [0.4, 0.5) is 11.6 Å². The number of fused-ring (bicyclic) bond motifs is 2. The minimum absolute atomic E-state index is 0.270. The van der Waals surface area contributed by atoms with Gasteiger partial charge in [-0.2, -0.15) is 30.1 Å². The van der Waals surface area contributed by atoms with Crippen LogP contribution >= 0.6 is 0 Å². The third kappa shape index (κ3) is 7.20. The number of hydrogen-bond donors (Lipinski definition) is 0. The molecular weight excluding hydrogens is 724 g/mol. The summed E-state index contributed by atoms with van der Waals surface area (Å²) in [5.74, 6) is 4.17. The maximum Gasteiger partial charge on any atom is 0.276 e. The molecule has 0 amide bonds. The number of ether oxygens (including phenoxy) is 3. The van der Waals surface area contributed by atoms with Crippen molar-refractivity contribution in [2.24, 2.45) is 0 Å². The molecule has 8 aromatic heterocycles. The monoisotopic (exact) mass is 758 g/mol. The summed E-state index contributed by atoms with van der Waals surface area (Å²) in [5, 5.41) is 16.2. The van der Waals surface area contributed by atoms with Gasteiger partial charge in [-0.25, -0.2) is 29.3 Å². The lowest BCUT2D eigenvalue weighted by molar-refractivity contribution is 0.122. The van der Waals surface area contributed by atoms with Crippen molar-refractivity contribution in [2.75, 3.05) is 69.5 Å². The molecule has 8 aromatic rings. The molecule has 10 rings (SSSR count). The van der Waals surface area contributed by atoms with E-state index < -0.39 is 0 Å². The molecule has 2 fully saturated rings. The first kappa shape index (κ1) is 34.9. The molecule has 0 unspecified atom stereocenters. The van der Waals surface area contributed by atoms with Crippen LogP contribution in [0.5, 0.6) is 0 Å². The average Bonchev–Trinajstić information content (AvgIpc) is 4.10. The topological polar surface area (TPSA) is 225 Å². The molecule has 21 nitrogen and oxygen atoms in total. The van der Waals surface area contributed by atoms with Crippen LogP contribution < -0.4 is 9.80 Å². The van der Waals surface area contributed by atoms with Gasteiger partial charge in [0, 0.05) is 58.1 Å². The van der Waals surface area contributed by atoms with E-state index in [0.29, 0.717) is 89.7 Å². The van der Waals surface area contributed by atoms with Gasteiger partial charge in [0.2, 0.25) is 0 Å². The predicted molar refractivity (Wildman–Crippen MR) is 197 cm³/mol. The number of rotatable bonds is 8. The van der Waals surface area contributed by atoms with Crippen LogP contribution in [0, 0.1) is 6.92 Å². The smallest absolute Gasteiger partial charge is 0.276 e. The number of morpholine rings is 2. The molecule has 56 heavy (non-hydrogen) atoms. The predicted octanol–water partition coefficient (Wildman–Crippen LogP) is 2.65. The van der Waals surface area contributed by atoms with Crippen LogP contribution in [-0.4, -0.2) is 129 Å². The Bertz CT molecular complexity index is 2560. The molecule has 2 saturated heterocycles. The molecular formula is C35H34N16O5. The van der Waals surface area contributed by atoms with E-state index in [9.17, 15) is 0 Å². The van der Waals surface area contributed by atoms with E-state index in [1.165, 1.54) is 0 Å². The summed E-state index contributed by atoms with van der Waals surface area (Å²) in [6.45, 7) is 7.49. The van der Waals surface area contributed by atoms with E-state index in [0.717, 1.165) is 43.3 Å². The number of pyridine rings is 2. The summed E-state index contributed by atoms with van der Waals surface area (Å²) in [7, 11) is 1.58. The van der Waals surface area contributed by atoms with E-state index in [-0.39, 0.29) is 6.61 Å². The van der Waals surface area contributed by atoms with Gasteiger partial charge < -0.3 is 33.1 Å². The quantitative estimate of drug-likeness (QED) is 0.217. The van der Waals surface area contributed by atoms with E-state index in [1.54, 1.807) is 41.9 Å². The van der Waals surface area contributed by atoms with E-state index in [1.807, 2.05) is 42.7 Å². The van der Waals surface area contributed by atoms with Gasteiger partial charge in [0.15, 0.2) is 23.3 Å². The fourth-order valence-electron chi connectivity index (χ4n) is 6.13. The molecule has 0 aromatic carbocycles. The van der Waals surface area contributed by atoms with Crippen molar-refractivity contribution in [1.29, 1.82) is 0 Å². The Balaban J connectivity index is 0.000000147. The first-order valence-electron chi connectivity index (χ1n) is 17.8. The molecule has 284 valence electrons. The van der Waals surface area contributed by atoms with E-state index in [2.05, 4.69) is 50.2 Å². The first-order chi connectivity index (χ1) is 27.6. The average molecular weight is 759 g/mol. The zero-order chi connectivity index (χ0) is 37.8. The summed E-state index contributed by atoms with van der Waals surface area (Å²) in [6, 6.07) is 11.0. The number of anilines is 2. The van der Waals surface area contributed by atoms with Gasteiger partial charge in [0.1, 0.15) is 29.0 Å². The van der Waals surface area contributed by atoms with Crippen LogP contribution in [0.15, 0.2) is 70.2 Å². The second-order valence-corrected chi connectivity index (χ2v) is 12.5. The summed E-state index contributed by atoms with van der Waals surface area (Å²) < 4.78 is 29.9. The molecule has 0 aliphatic carbocycles. The number of nitrogens with zero attached hydrogens (tertiary/aromatic N) is 16. The Hall–Kier alpha value is -6.84. The third-order valence-electron chi connectivity index (χ3n) is 8.77. The van der Waals surface area contributed by atoms with Crippen molar-refractivity contribution in [2.45, 2.75) is 13.5 Å². The number of aryl methyl sites for hydroxylation is 1. The minimum atomic E-state index is 0.270. The van der Waals surface area contributed by atoms with Crippen molar-refractivity contribution in [3.8, 4) is 35.1 Å². The van der Waals surface area contributed by atoms with Gasteiger partial charge in [-0.05, 0) is 43.3 Å². The van der Waals surface area contributed by atoms with E-state index >= 15 is 0 Å². The van der Waals surface area contributed by atoms with E-state index in [4.69, 9.17) is 43.2 Å². The molecule has 10 heterocycles. The normalized spacial score (nSPS) is 14.7. The number of hydrogen-bond acceptors (Lipinski definition) is 19. The van der Waals surface area contributed by atoms with Gasteiger partial charge in [-0.1, -0.05) is 10.3 Å². The zero-order valence-electron chi connectivity index (χ0n) is 30.3. The van der Waals surface area contributed by atoms with Gasteiger partial charge in [-0.15, -0.1) is 0 Å². The fraction of sp³-hybridized carbons (Fsp3) is 0.314. The molecule has 0 spiro atoms. The standard InChI is InChI=1S/C18H18N8O3.C17H16N8O2/c1-27-11-14-22-17(29-24-14)13-4-3-12-15(20-13)16(25-7-9-28-10-8-25)23-18(21-12)26-6-2-5-19-26;1-11-19-16(27-23-11)13-4-3-12-14(20-13)15(24-7-9-26-10-8-24)22-17(21-12)25-6-2-5-18-25/h2-6H,7-11H2,1H3;2-6H,7-10H2,1H3. The number of methoxy groups -OCH3 is 1. The molecule has 2 aliphatic heterocycles. The molecule has 21 heteroatoms. The second-order valence-electron chi connectivity index (χ2n) is 12.5. The molecule has 0 bridgehead atoms. The van der Waals surface area contributed by atoms with Crippen molar-refractivity contribution in [3.63, 3.8) is 0 Å². The highest BCUT2D eigenvalue weighted by atomic mass is 16.5. The van der Waals surface area contributed by atoms with Crippen LogP contribution in [0.25, 0.3) is 57.1 Å². The Labute approximate surface area is 317 Å². The maximum absolute atomic E-state index is 5.49. The second kappa shape index (κ2) is 15.5. The Morgan fingerprint density at radius 1 is 0.607 bits per heavy atom. The van der Waals surface area contributed by atoms with Gasteiger partial charge in [0.25, 0.3) is 23.7 Å². The van der Waals surface area contributed by atoms with Crippen LogP contribution in [0.1, 0.15) is 11.6 Å². The van der Waals surface area contributed by atoms with Crippen LogP contribution in [0.3, 0.4) is 0 Å². The molecule has 2 aliphatic rings. The molecule has 0 atom stereocenters. The summed E-state index contributed by atoms with van der Waals surface area (Å²) in [4.78, 5) is 41.1. The molecule has 0 radical (unpaired) electrons. The van der Waals surface area contributed by atoms with Gasteiger partial charge in [0.05, 0.1) is 37.5 Å². The molecule has 0 saturated carbocycles. The number of aromatic nitrogens is 14. The molecule has 0 N–H and O–H groups in total. The highest BCUT2D eigenvalue weighted by molar-refractivity contribution is 5.89. The summed E-state index contributed by atoms with van der Waals surface area (Å²) in [6.07, 6.45) is 7.01. The van der Waals surface area contributed by atoms with Gasteiger partial charge >= 0.3 is 0 Å². The van der Waals surface area contributed by atoms with Crippen LogP contribution in [0.2, 0.25) is 0 Å². The van der Waals surface area contributed by atoms with Crippen molar-refractivity contribution in [3.05, 3.63) is 72.8 Å². The highest BCUT2D eigenvalue weighted by Crippen LogP contribution is 2.29. The zero-order valence-corrected chi connectivity index (χ0v) is 30.3. The Kier molecular flexibility index (Phi) is 9.65. The minimum Gasteiger partial charge on any atom is -0.378 e. The van der Waals surface area contributed by atoms with Crippen molar-refractivity contribution < 1.29 is 23.3 Å². The lowest BCUT2D eigenvalue weighted by Gasteiger charge is -2.28. The largest absolute Gasteiger partial charge is 0.378 e. The third-order valence-corrected chi connectivity index (χ3v) is 8.77. The lowest BCUT2D eigenvalue weighted by Crippen LogP contribution is -2.37. The van der Waals surface area contributed by atoms with Crippen LogP contribution in [-0.2, 0) is 20.8 Å². The van der Waals surface area contributed by atoms with Gasteiger partial charge in [-0.3, -0.25) is 0 Å². The summed E-state index contributed by atoms with van der Waals surface area (Å²) in [5.41, 5.74) is 3.91. The van der Waals surface area contributed by atoms with Crippen molar-refractivity contribution in [1.82, 2.24) is 69.7 Å². The Morgan fingerprint density at radius 3 is 1.59 bits per heavy atom.